The van der Waals surface area contributed by atoms with Crippen LogP contribution in [0.25, 0.3) is 0 Å². The molecule has 6 nitrogen and oxygen atoms in total. The second kappa shape index (κ2) is 6.65. The Kier molecular flexibility index (Phi) is 4.88. The highest BCUT2D eigenvalue weighted by Gasteiger charge is 2.42. The van der Waals surface area contributed by atoms with Crippen molar-refractivity contribution in [1.29, 1.82) is 0 Å². The Bertz CT molecular complexity index is 478. The van der Waals surface area contributed by atoms with Gasteiger partial charge in [0, 0.05) is 12.5 Å². The van der Waals surface area contributed by atoms with E-state index in [4.69, 9.17) is 4.42 Å². The van der Waals surface area contributed by atoms with E-state index in [1.807, 2.05) is 19.1 Å². The Balaban J connectivity index is 1.79. The smallest absolute Gasteiger partial charge is 0.329 e. The molecule has 6 heteroatoms. The summed E-state index contributed by atoms with van der Waals surface area (Å²) in [6, 6.07) is 3.26. The first kappa shape index (κ1) is 15.4. The van der Waals surface area contributed by atoms with Crippen molar-refractivity contribution in [2.24, 2.45) is 0 Å². The van der Waals surface area contributed by atoms with E-state index in [1.54, 1.807) is 6.26 Å². The normalized spacial score (nSPS) is 18.1. The van der Waals surface area contributed by atoms with Gasteiger partial charge in [-0.1, -0.05) is 12.8 Å². The number of carboxylic acids is 1. The molecule has 1 fully saturated rings. The van der Waals surface area contributed by atoms with Crippen molar-refractivity contribution in [3.8, 4) is 0 Å². The Morgan fingerprint density at radius 2 is 2.14 bits per heavy atom. The van der Waals surface area contributed by atoms with E-state index < -0.39 is 17.5 Å². The summed E-state index contributed by atoms with van der Waals surface area (Å²) in [4.78, 5) is 23.3. The lowest BCUT2D eigenvalue weighted by molar-refractivity contribution is -0.144. The fraction of sp³-hybridized carbons (Fsp3) is 0.600. The number of amides is 2. The Labute approximate surface area is 123 Å². The lowest BCUT2D eigenvalue weighted by Gasteiger charge is -2.26. The fourth-order valence-corrected chi connectivity index (χ4v) is 2.73. The largest absolute Gasteiger partial charge is 0.480 e. The Hall–Kier alpha value is -1.98. The predicted molar refractivity (Wildman–Crippen MR) is 77.0 cm³/mol. The van der Waals surface area contributed by atoms with Crippen LogP contribution in [0, 0.1) is 0 Å². The van der Waals surface area contributed by atoms with Gasteiger partial charge in [-0.15, -0.1) is 0 Å². The lowest BCUT2D eigenvalue weighted by atomic mass is 9.98. The zero-order valence-corrected chi connectivity index (χ0v) is 12.2. The van der Waals surface area contributed by atoms with Gasteiger partial charge in [-0.25, -0.2) is 9.59 Å². The molecule has 1 saturated carbocycles. The first-order valence-electron chi connectivity index (χ1n) is 7.36. The Morgan fingerprint density at radius 1 is 1.43 bits per heavy atom. The first-order valence-corrected chi connectivity index (χ1v) is 7.36. The summed E-state index contributed by atoms with van der Waals surface area (Å²) in [6.07, 6.45) is 5.75. The van der Waals surface area contributed by atoms with E-state index in [0.29, 0.717) is 12.8 Å². The topological polar surface area (TPSA) is 91.6 Å². The molecule has 1 unspecified atom stereocenters. The number of aryl methyl sites for hydroxylation is 1. The number of rotatable bonds is 6. The molecule has 1 aliphatic carbocycles. The summed E-state index contributed by atoms with van der Waals surface area (Å²) in [7, 11) is 0. The highest BCUT2D eigenvalue weighted by Crippen LogP contribution is 2.29. The van der Waals surface area contributed by atoms with Crippen LogP contribution in [0.2, 0.25) is 0 Å². The minimum Gasteiger partial charge on any atom is -0.480 e. The molecule has 0 aromatic carbocycles. The van der Waals surface area contributed by atoms with Gasteiger partial charge in [0.25, 0.3) is 0 Å². The second-order valence-corrected chi connectivity index (χ2v) is 5.71. The van der Waals surface area contributed by atoms with Crippen LogP contribution in [0.1, 0.15) is 44.8 Å². The van der Waals surface area contributed by atoms with Crippen molar-refractivity contribution in [2.45, 2.75) is 57.0 Å². The fourth-order valence-electron chi connectivity index (χ4n) is 2.73. The van der Waals surface area contributed by atoms with Crippen molar-refractivity contribution in [3.63, 3.8) is 0 Å². The third-order valence-corrected chi connectivity index (χ3v) is 4.00. The number of urea groups is 1. The maximum Gasteiger partial charge on any atom is 0.329 e. The van der Waals surface area contributed by atoms with Gasteiger partial charge in [0.1, 0.15) is 11.3 Å². The second-order valence-electron chi connectivity index (χ2n) is 5.71. The van der Waals surface area contributed by atoms with Crippen LogP contribution >= 0.6 is 0 Å². The lowest BCUT2D eigenvalue weighted by Crippen LogP contribution is -2.56. The van der Waals surface area contributed by atoms with Crippen LogP contribution < -0.4 is 10.6 Å². The Morgan fingerprint density at radius 3 is 2.71 bits per heavy atom. The molecule has 0 spiro atoms. The number of hydrogen-bond acceptors (Lipinski definition) is 3. The molecule has 21 heavy (non-hydrogen) atoms. The summed E-state index contributed by atoms with van der Waals surface area (Å²) < 4.78 is 5.24. The number of carbonyl (C=O) groups excluding carboxylic acids is 1. The van der Waals surface area contributed by atoms with Crippen LogP contribution in [-0.4, -0.2) is 28.7 Å². The molecule has 1 aliphatic rings. The number of aliphatic carboxylic acids is 1. The summed E-state index contributed by atoms with van der Waals surface area (Å²) in [5.41, 5.74) is -1.09. The van der Waals surface area contributed by atoms with E-state index in [9.17, 15) is 14.7 Å². The highest BCUT2D eigenvalue weighted by atomic mass is 16.4. The van der Waals surface area contributed by atoms with Crippen LogP contribution in [0.15, 0.2) is 22.8 Å². The van der Waals surface area contributed by atoms with E-state index in [0.717, 1.165) is 31.4 Å². The first-order chi connectivity index (χ1) is 10.0. The maximum atomic E-state index is 12.0. The third kappa shape index (κ3) is 4.00. The number of carbonyl (C=O) groups is 2. The number of furan rings is 1. The monoisotopic (exact) mass is 294 g/mol. The molecular weight excluding hydrogens is 272 g/mol. The van der Waals surface area contributed by atoms with Gasteiger partial charge in [-0.3, -0.25) is 0 Å². The van der Waals surface area contributed by atoms with Gasteiger partial charge in [-0.2, -0.15) is 0 Å². The molecule has 0 bridgehead atoms. The van der Waals surface area contributed by atoms with Crippen LogP contribution in [-0.2, 0) is 11.2 Å². The highest BCUT2D eigenvalue weighted by molar-refractivity contribution is 5.86. The van der Waals surface area contributed by atoms with Gasteiger partial charge in [-0.05, 0) is 38.3 Å². The minimum atomic E-state index is -1.09. The van der Waals surface area contributed by atoms with Crippen LogP contribution in [0.4, 0.5) is 4.79 Å². The molecule has 2 amide bonds. The van der Waals surface area contributed by atoms with Gasteiger partial charge in [0.15, 0.2) is 0 Å². The number of hydrogen-bond donors (Lipinski definition) is 3. The van der Waals surface area contributed by atoms with E-state index in [1.165, 1.54) is 0 Å². The molecule has 3 N–H and O–H groups in total. The summed E-state index contributed by atoms with van der Waals surface area (Å²) >= 11 is 0. The molecule has 1 aromatic heterocycles. The zero-order valence-electron chi connectivity index (χ0n) is 12.2. The van der Waals surface area contributed by atoms with Crippen molar-refractivity contribution in [1.82, 2.24) is 10.6 Å². The molecule has 0 radical (unpaired) electrons. The summed E-state index contributed by atoms with van der Waals surface area (Å²) in [5.74, 6) is -0.0692. The van der Waals surface area contributed by atoms with E-state index in [2.05, 4.69) is 10.6 Å². The van der Waals surface area contributed by atoms with Gasteiger partial charge in [0.2, 0.25) is 0 Å². The van der Waals surface area contributed by atoms with Gasteiger partial charge in [0.05, 0.1) is 6.26 Å². The summed E-state index contributed by atoms with van der Waals surface area (Å²) in [6.45, 7) is 1.89. The third-order valence-electron chi connectivity index (χ3n) is 4.00. The molecule has 1 atom stereocenters. The molecule has 0 aliphatic heterocycles. The quantitative estimate of drug-likeness (QED) is 0.750. The summed E-state index contributed by atoms with van der Waals surface area (Å²) in [5, 5.41) is 14.8. The van der Waals surface area contributed by atoms with E-state index in [-0.39, 0.29) is 6.04 Å². The molecule has 116 valence electrons. The predicted octanol–water partition coefficient (Wildman–Crippen LogP) is 2.30. The number of nitrogens with one attached hydrogen (secondary N) is 2. The average Bonchev–Trinajstić information content (AvgIpc) is 3.07. The van der Waals surface area contributed by atoms with Crippen LogP contribution in [0.5, 0.6) is 0 Å². The number of carboxylic acid groups (broad SMARTS) is 1. The molecule has 1 aromatic rings. The zero-order chi connectivity index (χ0) is 15.3. The SMILES string of the molecule is CC(CCc1ccco1)NC(=O)NC1(C(=O)O)CCCC1. The van der Waals surface area contributed by atoms with Crippen molar-refractivity contribution >= 4 is 12.0 Å². The standard InChI is InChI=1S/C15H22N2O4/c1-11(6-7-12-5-4-10-21-12)16-14(20)17-15(13(18)19)8-2-3-9-15/h4-5,10-11H,2-3,6-9H2,1H3,(H,18,19)(H2,16,17,20). The van der Waals surface area contributed by atoms with Gasteiger partial charge < -0.3 is 20.2 Å². The van der Waals surface area contributed by atoms with E-state index >= 15 is 0 Å². The molecule has 0 saturated heterocycles. The van der Waals surface area contributed by atoms with Crippen LogP contribution in [0.3, 0.4) is 0 Å². The average molecular weight is 294 g/mol. The molecule has 1 heterocycles. The van der Waals surface area contributed by atoms with Gasteiger partial charge >= 0.3 is 12.0 Å². The maximum absolute atomic E-state index is 12.0. The van der Waals surface area contributed by atoms with Crippen molar-refractivity contribution < 1.29 is 19.1 Å². The molecule has 2 rings (SSSR count). The molecular formula is C15H22N2O4. The minimum absolute atomic E-state index is 0.0534. The van der Waals surface area contributed by atoms with Crippen molar-refractivity contribution in [2.75, 3.05) is 0 Å². The van der Waals surface area contributed by atoms with Crippen molar-refractivity contribution in [3.05, 3.63) is 24.2 Å².